The molecule has 78 valence electrons. The summed E-state index contributed by atoms with van der Waals surface area (Å²) in [5, 5.41) is 14.5. The van der Waals surface area contributed by atoms with E-state index >= 15 is 0 Å². The molecule has 1 aromatic heterocycles. The third kappa shape index (κ3) is 3.24. The number of nitrogens with one attached hydrogen (secondary N) is 1. The smallest absolute Gasteiger partial charge is 0.149 e. The number of rotatable bonds is 6. The third-order valence-corrected chi connectivity index (χ3v) is 4.22. The Hall–Kier alpha value is -0.100. The molecule has 0 spiro atoms. The van der Waals surface area contributed by atoms with Gasteiger partial charge < -0.3 is 10.4 Å². The first-order valence-corrected chi connectivity index (χ1v) is 6.64. The highest BCUT2D eigenvalue weighted by Crippen LogP contribution is 2.23. The van der Waals surface area contributed by atoms with Crippen LogP contribution in [0.15, 0.2) is 15.9 Å². The van der Waals surface area contributed by atoms with E-state index in [2.05, 4.69) is 10.3 Å². The Labute approximate surface area is 91.9 Å². The molecule has 2 rings (SSSR count). The summed E-state index contributed by atoms with van der Waals surface area (Å²) in [4.78, 5) is 4.19. The number of aliphatic hydroxyl groups excluding tert-OH is 1. The highest BCUT2D eigenvalue weighted by Gasteiger charge is 2.24. The van der Waals surface area contributed by atoms with Crippen molar-refractivity contribution in [3.8, 4) is 0 Å². The first kappa shape index (κ1) is 10.4. The van der Waals surface area contributed by atoms with Gasteiger partial charge in [0.05, 0.1) is 6.61 Å². The van der Waals surface area contributed by atoms with Crippen molar-refractivity contribution in [2.75, 3.05) is 12.4 Å². The molecule has 0 amide bonds. The summed E-state index contributed by atoms with van der Waals surface area (Å²) >= 11 is 3.37. The molecule has 1 aromatic rings. The van der Waals surface area contributed by atoms with Crippen molar-refractivity contribution >= 4 is 23.1 Å². The van der Waals surface area contributed by atoms with Crippen LogP contribution in [0.25, 0.3) is 0 Å². The lowest BCUT2D eigenvalue weighted by Gasteiger charge is -2.14. The minimum Gasteiger partial charge on any atom is -0.395 e. The van der Waals surface area contributed by atoms with Gasteiger partial charge >= 0.3 is 0 Å². The van der Waals surface area contributed by atoms with E-state index < -0.39 is 0 Å². The van der Waals surface area contributed by atoms with Gasteiger partial charge in [-0.1, -0.05) is 11.8 Å². The summed E-state index contributed by atoms with van der Waals surface area (Å²) < 4.78 is 1.08. The van der Waals surface area contributed by atoms with Crippen molar-refractivity contribution in [3.05, 3.63) is 11.6 Å². The molecule has 5 heteroatoms. The third-order valence-electron chi connectivity index (χ3n) is 2.09. The van der Waals surface area contributed by atoms with Gasteiger partial charge in [0.25, 0.3) is 0 Å². The van der Waals surface area contributed by atoms with E-state index in [0.29, 0.717) is 6.04 Å². The molecule has 1 saturated carbocycles. The zero-order valence-electron chi connectivity index (χ0n) is 7.85. The second kappa shape index (κ2) is 5.11. The standard InChI is InChI=1S/C9H14N2OS2/c12-5-8(11-7-1-2-7)6-14-9-10-3-4-13-9/h3-4,7-8,11-12H,1-2,5-6H2. The Morgan fingerprint density at radius 2 is 2.57 bits per heavy atom. The van der Waals surface area contributed by atoms with E-state index in [4.69, 9.17) is 5.11 Å². The van der Waals surface area contributed by atoms with Crippen molar-refractivity contribution in [2.45, 2.75) is 29.3 Å². The van der Waals surface area contributed by atoms with Crippen LogP contribution in [0, 0.1) is 0 Å². The van der Waals surface area contributed by atoms with E-state index in [1.54, 1.807) is 23.1 Å². The Balaban J connectivity index is 1.71. The number of hydrogen-bond donors (Lipinski definition) is 2. The van der Waals surface area contributed by atoms with Gasteiger partial charge in [-0.3, -0.25) is 0 Å². The maximum Gasteiger partial charge on any atom is 0.149 e. The quantitative estimate of drug-likeness (QED) is 0.724. The van der Waals surface area contributed by atoms with Crippen molar-refractivity contribution < 1.29 is 5.11 Å². The zero-order valence-corrected chi connectivity index (χ0v) is 9.48. The lowest BCUT2D eigenvalue weighted by Crippen LogP contribution is -2.36. The maximum absolute atomic E-state index is 9.14. The molecule has 1 atom stereocenters. The lowest BCUT2D eigenvalue weighted by atomic mass is 10.3. The van der Waals surface area contributed by atoms with Gasteiger partial charge in [0.2, 0.25) is 0 Å². The van der Waals surface area contributed by atoms with Crippen LogP contribution in [0.4, 0.5) is 0 Å². The van der Waals surface area contributed by atoms with Crippen molar-refractivity contribution in [2.24, 2.45) is 0 Å². The monoisotopic (exact) mass is 230 g/mol. The second-order valence-electron chi connectivity index (χ2n) is 3.43. The fraction of sp³-hybridized carbons (Fsp3) is 0.667. The van der Waals surface area contributed by atoms with Gasteiger partial charge in [-0.2, -0.15) is 0 Å². The number of thioether (sulfide) groups is 1. The molecule has 1 aliphatic rings. The molecule has 1 heterocycles. The van der Waals surface area contributed by atoms with E-state index in [1.165, 1.54) is 12.8 Å². The summed E-state index contributed by atoms with van der Waals surface area (Å²) in [6, 6.07) is 0.875. The molecule has 1 aliphatic carbocycles. The number of thiazole rings is 1. The van der Waals surface area contributed by atoms with Gasteiger partial charge in [-0.05, 0) is 12.8 Å². The summed E-state index contributed by atoms with van der Waals surface area (Å²) in [7, 11) is 0. The van der Waals surface area contributed by atoms with Crippen LogP contribution in [0.2, 0.25) is 0 Å². The topological polar surface area (TPSA) is 45.2 Å². The predicted octanol–water partition coefficient (Wildman–Crippen LogP) is 1.35. The summed E-state index contributed by atoms with van der Waals surface area (Å²) in [5.74, 6) is 0.903. The largest absolute Gasteiger partial charge is 0.395 e. The van der Waals surface area contributed by atoms with Crippen molar-refractivity contribution in [1.82, 2.24) is 10.3 Å². The van der Waals surface area contributed by atoms with Crippen LogP contribution >= 0.6 is 23.1 Å². The number of aliphatic hydroxyl groups is 1. The molecule has 0 aliphatic heterocycles. The highest BCUT2D eigenvalue weighted by molar-refractivity contribution is 8.01. The van der Waals surface area contributed by atoms with E-state index in [-0.39, 0.29) is 12.6 Å². The molecule has 0 bridgehead atoms. The molecule has 2 N–H and O–H groups in total. The van der Waals surface area contributed by atoms with Crippen LogP contribution in [-0.2, 0) is 0 Å². The average molecular weight is 230 g/mol. The minimum absolute atomic E-state index is 0.217. The molecular weight excluding hydrogens is 216 g/mol. The van der Waals surface area contributed by atoms with Gasteiger partial charge in [-0.15, -0.1) is 11.3 Å². The molecular formula is C9H14N2OS2. The van der Waals surface area contributed by atoms with E-state index in [1.807, 2.05) is 11.6 Å². The molecule has 0 radical (unpaired) electrons. The van der Waals surface area contributed by atoms with Gasteiger partial charge in [0, 0.05) is 29.4 Å². The Bertz CT molecular complexity index is 262. The molecule has 14 heavy (non-hydrogen) atoms. The van der Waals surface area contributed by atoms with Crippen LogP contribution in [0.5, 0.6) is 0 Å². The Morgan fingerprint density at radius 1 is 1.71 bits per heavy atom. The second-order valence-corrected chi connectivity index (χ2v) is 5.59. The van der Waals surface area contributed by atoms with Gasteiger partial charge in [0.1, 0.15) is 4.34 Å². The zero-order chi connectivity index (χ0) is 9.80. The average Bonchev–Trinajstić information content (AvgIpc) is 2.86. The fourth-order valence-corrected chi connectivity index (χ4v) is 2.87. The minimum atomic E-state index is 0.217. The van der Waals surface area contributed by atoms with Gasteiger partial charge in [-0.25, -0.2) is 4.98 Å². The van der Waals surface area contributed by atoms with E-state index in [9.17, 15) is 0 Å². The summed E-state index contributed by atoms with van der Waals surface area (Å²) in [6.07, 6.45) is 4.34. The first-order chi connectivity index (χ1) is 6.88. The normalized spacial score (nSPS) is 18.4. The maximum atomic E-state index is 9.14. The molecule has 0 saturated heterocycles. The first-order valence-electron chi connectivity index (χ1n) is 4.77. The summed E-state index contributed by atoms with van der Waals surface area (Å²) in [6.45, 7) is 0.217. The molecule has 1 fully saturated rings. The van der Waals surface area contributed by atoms with Gasteiger partial charge in [0.15, 0.2) is 0 Å². The van der Waals surface area contributed by atoms with Crippen LogP contribution in [0.3, 0.4) is 0 Å². The number of nitrogens with zero attached hydrogens (tertiary/aromatic N) is 1. The molecule has 1 unspecified atom stereocenters. The number of aromatic nitrogens is 1. The molecule has 3 nitrogen and oxygen atoms in total. The van der Waals surface area contributed by atoms with Crippen LogP contribution in [0.1, 0.15) is 12.8 Å². The van der Waals surface area contributed by atoms with Crippen LogP contribution < -0.4 is 5.32 Å². The van der Waals surface area contributed by atoms with E-state index in [0.717, 1.165) is 10.1 Å². The Kier molecular flexibility index (Phi) is 3.81. The fourth-order valence-electron chi connectivity index (χ4n) is 1.19. The van der Waals surface area contributed by atoms with Crippen molar-refractivity contribution in [3.63, 3.8) is 0 Å². The van der Waals surface area contributed by atoms with Crippen molar-refractivity contribution in [1.29, 1.82) is 0 Å². The Morgan fingerprint density at radius 3 is 3.14 bits per heavy atom. The predicted molar refractivity (Wildman–Crippen MR) is 59.9 cm³/mol. The molecule has 0 aromatic carbocycles. The SMILES string of the molecule is OCC(CSc1nccs1)NC1CC1. The summed E-state index contributed by atoms with van der Waals surface area (Å²) in [5.41, 5.74) is 0. The highest BCUT2D eigenvalue weighted by atomic mass is 32.2. The lowest BCUT2D eigenvalue weighted by molar-refractivity contribution is 0.253. The van der Waals surface area contributed by atoms with Crippen LogP contribution in [-0.4, -0.2) is 34.5 Å². The number of hydrogen-bond acceptors (Lipinski definition) is 5.